The van der Waals surface area contributed by atoms with Gasteiger partial charge in [0, 0.05) is 18.2 Å². The van der Waals surface area contributed by atoms with Crippen LogP contribution in [0.1, 0.15) is 19.4 Å². The second-order valence-electron chi connectivity index (χ2n) is 6.44. The first kappa shape index (κ1) is 17.2. The number of hydrogen-bond donors (Lipinski definition) is 3. The third kappa shape index (κ3) is 5.55. The highest BCUT2D eigenvalue weighted by Gasteiger charge is 2.24. The molecule has 5 heteroatoms. The number of ether oxygens (including phenoxy) is 1. The van der Waals surface area contributed by atoms with Gasteiger partial charge in [0.1, 0.15) is 19.2 Å². The number of nitrogens with one attached hydrogen (secondary N) is 3. The van der Waals surface area contributed by atoms with Crippen LogP contribution < -0.4 is 15.5 Å². The molecule has 0 bridgehead atoms. The monoisotopic (exact) mass is 322 g/mol. The Bertz CT molecular complexity index is 493. The average molecular weight is 322 g/mol. The molecule has 4 nitrogen and oxygen atoms in total. The summed E-state index contributed by atoms with van der Waals surface area (Å²) in [5, 5.41) is 7.20. The third-order valence-electron chi connectivity index (χ3n) is 3.91. The second kappa shape index (κ2) is 8.46. The predicted molar refractivity (Wildman–Crippen MR) is 95.5 cm³/mol. The molecule has 0 saturated carbocycles. The van der Waals surface area contributed by atoms with Gasteiger partial charge in [-0.15, -0.1) is 0 Å². The van der Waals surface area contributed by atoms with E-state index in [4.69, 9.17) is 17.0 Å². The Kier molecular flexibility index (Phi) is 6.61. The molecule has 1 fully saturated rings. The summed E-state index contributed by atoms with van der Waals surface area (Å²) in [4.78, 5) is 1.63. The minimum absolute atomic E-state index is 0.235. The Morgan fingerprint density at radius 1 is 1.41 bits per heavy atom. The standard InChI is InChI=1S/C17H27N3OS/c1-13(2)11-20-8-9-21-15(12-20)10-18-17(22)19-16-7-5-4-6-14(16)3/h4-7,13,15H,8-12H2,1-3H3,(H2,18,19,22)/p+1/t15-/m1/s1. The summed E-state index contributed by atoms with van der Waals surface area (Å²) in [5.41, 5.74) is 2.24. The number of anilines is 1. The lowest BCUT2D eigenvalue weighted by molar-refractivity contribution is -0.914. The van der Waals surface area contributed by atoms with E-state index in [1.165, 1.54) is 12.1 Å². The summed E-state index contributed by atoms with van der Waals surface area (Å²) >= 11 is 5.38. The van der Waals surface area contributed by atoms with E-state index in [2.05, 4.69) is 37.5 Å². The minimum Gasteiger partial charge on any atom is -0.365 e. The number of thiocarbonyl (C=S) groups is 1. The molecule has 0 amide bonds. The SMILES string of the molecule is Cc1ccccc1NC(=S)NC[C@@H]1C[NH+](CC(C)C)CCO1. The van der Waals surface area contributed by atoms with Crippen molar-refractivity contribution in [2.75, 3.05) is 38.1 Å². The van der Waals surface area contributed by atoms with Crippen LogP contribution in [0.2, 0.25) is 0 Å². The summed E-state index contributed by atoms with van der Waals surface area (Å²) in [7, 11) is 0. The maximum absolute atomic E-state index is 5.84. The first-order chi connectivity index (χ1) is 10.5. The molecule has 1 unspecified atom stereocenters. The van der Waals surface area contributed by atoms with Crippen molar-refractivity contribution in [2.24, 2.45) is 5.92 Å². The van der Waals surface area contributed by atoms with Crippen LogP contribution in [-0.4, -0.2) is 44.0 Å². The van der Waals surface area contributed by atoms with Gasteiger partial charge >= 0.3 is 0 Å². The molecule has 1 aromatic rings. The number of quaternary nitrogens is 1. The molecule has 122 valence electrons. The van der Waals surface area contributed by atoms with Gasteiger partial charge in [-0.25, -0.2) is 0 Å². The van der Waals surface area contributed by atoms with Crippen molar-refractivity contribution in [3.63, 3.8) is 0 Å². The van der Waals surface area contributed by atoms with Gasteiger partial charge in [0.15, 0.2) is 5.11 Å². The van der Waals surface area contributed by atoms with E-state index in [0.29, 0.717) is 5.11 Å². The van der Waals surface area contributed by atoms with Crippen LogP contribution in [0.3, 0.4) is 0 Å². The Morgan fingerprint density at radius 2 is 2.18 bits per heavy atom. The molecule has 0 radical (unpaired) electrons. The number of benzene rings is 1. The Morgan fingerprint density at radius 3 is 2.91 bits per heavy atom. The maximum Gasteiger partial charge on any atom is 0.170 e. The molecular formula is C17H28N3OS+. The third-order valence-corrected chi connectivity index (χ3v) is 4.15. The van der Waals surface area contributed by atoms with Crippen molar-refractivity contribution < 1.29 is 9.64 Å². The van der Waals surface area contributed by atoms with Crippen molar-refractivity contribution >= 4 is 23.0 Å². The Hall–Kier alpha value is -1.17. The zero-order chi connectivity index (χ0) is 15.9. The van der Waals surface area contributed by atoms with Crippen LogP contribution in [0.5, 0.6) is 0 Å². The molecule has 22 heavy (non-hydrogen) atoms. The zero-order valence-electron chi connectivity index (χ0n) is 13.8. The maximum atomic E-state index is 5.84. The molecule has 2 atom stereocenters. The number of rotatable bonds is 5. The van der Waals surface area contributed by atoms with Crippen LogP contribution in [0.15, 0.2) is 24.3 Å². The fourth-order valence-corrected chi connectivity index (χ4v) is 3.03. The predicted octanol–water partition coefficient (Wildman–Crippen LogP) is 1.22. The van der Waals surface area contributed by atoms with E-state index in [1.54, 1.807) is 4.90 Å². The van der Waals surface area contributed by atoms with Crippen molar-refractivity contribution in [3.8, 4) is 0 Å². The number of morpholine rings is 1. The van der Waals surface area contributed by atoms with Gasteiger partial charge in [-0.1, -0.05) is 32.0 Å². The van der Waals surface area contributed by atoms with Crippen molar-refractivity contribution in [1.82, 2.24) is 5.32 Å². The molecule has 1 heterocycles. The molecule has 2 rings (SSSR count). The second-order valence-corrected chi connectivity index (χ2v) is 6.85. The number of aryl methyl sites for hydroxylation is 1. The van der Waals surface area contributed by atoms with Gasteiger partial charge in [0.25, 0.3) is 0 Å². The van der Waals surface area contributed by atoms with Crippen LogP contribution in [0.4, 0.5) is 5.69 Å². The number of para-hydroxylation sites is 1. The van der Waals surface area contributed by atoms with Crippen LogP contribution in [0, 0.1) is 12.8 Å². The fraction of sp³-hybridized carbons (Fsp3) is 0.588. The van der Waals surface area contributed by atoms with Crippen LogP contribution >= 0.6 is 12.2 Å². The molecule has 0 aromatic heterocycles. The molecule has 0 aliphatic carbocycles. The van der Waals surface area contributed by atoms with Gasteiger partial charge < -0.3 is 20.3 Å². The van der Waals surface area contributed by atoms with Crippen LogP contribution in [0.25, 0.3) is 0 Å². The van der Waals surface area contributed by atoms with Gasteiger partial charge in [-0.05, 0) is 30.8 Å². The van der Waals surface area contributed by atoms with Crippen molar-refractivity contribution in [3.05, 3.63) is 29.8 Å². The van der Waals surface area contributed by atoms with E-state index in [9.17, 15) is 0 Å². The summed E-state index contributed by atoms with van der Waals surface area (Å²) in [6, 6.07) is 8.14. The topological polar surface area (TPSA) is 37.7 Å². The van der Waals surface area contributed by atoms with E-state index in [0.717, 1.165) is 37.8 Å². The molecule has 3 N–H and O–H groups in total. The number of hydrogen-bond acceptors (Lipinski definition) is 2. The largest absolute Gasteiger partial charge is 0.365 e. The Labute approximate surface area is 139 Å². The average Bonchev–Trinajstić information content (AvgIpc) is 2.47. The van der Waals surface area contributed by atoms with Gasteiger partial charge in [0.05, 0.1) is 13.2 Å². The minimum atomic E-state index is 0.235. The van der Waals surface area contributed by atoms with E-state index < -0.39 is 0 Å². The van der Waals surface area contributed by atoms with E-state index >= 15 is 0 Å². The van der Waals surface area contributed by atoms with Gasteiger partial charge in [0.2, 0.25) is 0 Å². The van der Waals surface area contributed by atoms with E-state index in [-0.39, 0.29) is 6.10 Å². The molecule has 1 saturated heterocycles. The van der Waals surface area contributed by atoms with Crippen molar-refractivity contribution in [2.45, 2.75) is 26.9 Å². The highest BCUT2D eigenvalue weighted by molar-refractivity contribution is 7.80. The molecule has 1 aliphatic heterocycles. The molecule has 1 aromatic carbocycles. The first-order valence-corrected chi connectivity index (χ1v) is 8.51. The quantitative estimate of drug-likeness (QED) is 0.713. The summed E-state index contributed by atoms with van der Waals surface area (Å²) in [5.74, 6) is 0.727. The fourth-order valence-electron chi connectivity index (χ4n) is 2.83. The lowest BCUT2D eigenvalue weighted by Gasteiger charge is -2.31. The molecular weight excluding hydrogens is 294 g/mol. The zero-order valence-corrected chi connectivity index (χ0v) is 14.6. The highest BCUT2D eigenvalue weighted by Crippen LogP contribution is 2.12. The summed E-state index contributed by atoms with van der Waals surface area (Å²) < 4.78 is 5.84. The van der Waals surface area contributed by atoms with Crippen LogP contribution in [-0.2, 0) is 4.74 Å². The van der Waals surface area contributed by atoms with Crippen molar-refractivity contribution in [1.29, 1.82) is 0 Å². The lowest BCUT2D eigenvalue weighted by Crippen LogP contribution is -3.15. The molecule has 0 spiro atoms. The summed E-state index contributed by atoms with van der Waals surface area (Å²) in [6.07, 6.45) is 0.235. The molecule has 1 aliphatic rings. The van der Waals surface area contributed by atoms with E-state index in [1.807, 2.05) is 18.2 Å². The van der Waals surface area contributed by atoms with Gasteiger partial charge in [-0.3, -0.25) is 0 Å². The Balaban J connectivity index is 1.75. The normalized spacial score (nSPS) is 21.6. The van der Waals surface area contributed by atoms with Gasteiger partial charge in [-0.2, -0.15) is 0 Å². The smallest absolute Gasteiger partial charge is 0.170 e. The first-order valence-electron chi connectivity index (χ1n) is 8.10. The summed E-state index contributed by atoms with van der Waals surface area (Å²) in [6.45, 7) is 11.6. The highest BCUT2D eigenvalue weighted by atomic mass is 32.1. The lowest BCUT2D eigenvalue weighted by atomic mass is 10.2.